The SMILES string of the molecule is C=CCOC(=O)N[C@H](C(=O)N[C@@H](C)C(=O)Nc1ccc(COC(=O)N2c3cc(O)c(OC)cc3C(=O)N3Cc4ccccc4C[C@H]3C2O)cc1)C(C)C. The van der Waals surface area contributed by atoms with E-state index in [2.05, 4.69) is 22.5 Å². The van der Waals surface area contributed by atoms with E-state index in [9.17, 15) is 34.2 Å². The number of methoxy groups -OCH3 is 1. The molecular formula is C38H43N5O10. The average Bonchev–Trinajstić information content (AvgIpc) is 3.22. The van der Waals surface area contributed by atoms with Gasteiger partial charge in [-0.15, -0.1) is 0 Å². The molecule has 0 saturated heterocycles. The molecule has 1 unspecified atom stereocenters. The predicted molar refractivity (Wildman–Crippen MR) is 193 cm³/mol. The summed E-state index contributed by atoms with van der Waals surface area (Å²) in [5.74, 6) is -2.13. The number of rotatable bonds is 11. The second kappa shape index (κ2) is 16.5. The van der Waals surface area contributed by atoms with Crippen molar-refractivity contribution in [2.24, 2.45) is 5.92 Å². The Labute approximate surface area is 306 Å². The topological polar surface area (TPSA) is 196 Å². The smallest absolute Gasteiger partial charge is 0.416 e. The molecule has 53 heavy (non-hydrogen) atoms. The van der Waals surface area contributed by atoms with Crippen molar-refractivity contribution >= 4 is 41.3 Å². The molecule has 0 bridgehead atoms. The van der Waals surface area contributed by atoms with Gasteiger partial charge in [0.1, 0.15) is 25.3 Å². The molecule has 3 aromatic rings. The quantitative estimate of drug-likeness (QED) is 0.181. The predicted octanol–water partition coefficient (Wildman–Crippen LogP) is 3.82. The van der Waals surface area contributed by atoms with Crippen LogP contribution in [0.2, 0.25) is 0 Å². The number of nitrogens with one attached hydrogen (secondary N) is 3. The molecule has 0 aromatic heterocycles. The monoisotopic (exact) mass is 729 g/mol. The maximum Gasteiger partial charge on any atom is 0.416 e. The molecule has 4 atom stereocenters. The van der Waals surface area contributed by atoms with Gasteiger partial charge in [-0.3, -0.25) is 14.4 Å². The van der Waals surface area contributed by atoms with Gasteiger partial charge < -0.3 is 45.3 Å². The minimum absolute atomic E-state index is 0.0208. The number of benzene rings is 3. The summed E-state index contributed by atoms with van der Waals surface area (Å²) in [6.07, 6.45) is -1.59. The Hall–Kier alpha value is -6.09. The van der Waals surface area contributed by atoms with Crippen LogP contribution in [0.3, 0.4) is 0 Å². The van der Waals surface area contributed by atoms with Crippen molar-refractivity contribution in [1.82, 2.24) is 15.5 Å². The molecular weight excluding hydrogens is 686 g/mol. The summed E-state index contributed by atoms with van der Waals surface area (Å²) in [7, 11) is 1.34. The van der Waals surface area contributed by atoms with E-state index in [0.717, 1.165) is 16.0 Å². The maximum atomic E-state index is 13.9. The van der Waals surface area contributed by atoms with Crippen LogP contribution in [0.25, 0.3) is 0 Å². The van der Waals surface area contributed by atoms with Gasteiger partial charge in [-0.25, -0.2) is 14.5 Å². The molecule has 2 aliphatic rings. The lowest BCUT2D eigenvalue weighted by molar-refractivity contribution is -0.128. The number of aliphatic hydroxyl groups is 1. The molecule has 5 N–H and O–H groups in total. The first-order valence-electron chi connectivity index (χ1n) is 17.0. The zero-order valence-electron chi connectivity index (χ0n) is 29.8. The standard InChI is InChI=1S/C38H43N5O10/c1-6-15-52-37(49)41-32(21(2)3)34(46)39-22(4)33(45)40-26-13-11-23(12-14-26)20-53-38(50)43-28-18-30(44)31(51-5)17-27(28)35(47)42-19-25-10-8-7-9-24(25)16-29(42)36(43)48/h6-14,17-18,21-22,29,32,36,44,48H,1,15-16,19-20H2,2-5H3,(H,39,46)(H,40,45)(H,41,49)/t22-,29-,32-,36?/m0/s1. The number of aromatic hydroxyl groups is 1. The molecule has 2 aliphatic heterocycles. The minimum Gasteiger partial charge on any atom is -0.504 e. The van der Waals surface area contributed by atoms with E-state index in [0.29, 0.717) is 11.3 Å². The fourth-order valence-electron chi connectivity index (χ4n) is 6.16. The Morgan fingerprint density at radius 2 is 1.68 bits per heavy atom. The average molecular weight is 730 g/mol. The summed E-state index contributed by atoms with van der Waals surface area (Å²) in [5.41, 5.74) is 2.80. The minimum atomic E-state index is -1.52. The lowest BCUT2D eigenvalue weighted by atomic mass is 9.93. The number of fused-ring (bicyclic) bond motifs is 3. The van der Waals surface area contributed by atoms with E-state index in [-0.39, 0.29) is 54.8 Å². The van der Waals surface area contributed by atoms with Gasteiger partial charge in [-0.1, -0.05) is 62.9 Å². The number of nitrogens with zero attached hydrogens (tertiary/aromatic N) is 2. The third-order valence-corrected chi connectivity index (χ3v) is 9.03. The van der Waals surface area contributed by atoms with E-state index < -0.39 is 54.3 Å². The number of alkyl carbamates (subject to hydrolysis) is 1. The molecule has 0 radical (unpaired) electrons. The van der Waals surface area contributed by atoms with Crippen LogP contribution in [0.5, 0.6) is 11.5 Å². The molecule has 3 aromatic carbocycles. The van der Waals surface area contributed by atoms with Crippen LogP contribution in [0, 0.1) is 5.92 Å². The first-order chi connectivity index (χ1) is 25.3. The van der Waals surface area contributed by atoms with Crippen LogP contribution >= 0.6 is 0 Å². The number of anilines is 2. The van der Waals surface area contributed by atoms with Gasteiger partial charge in [0.2, 0.25) is 11.8 Å². The van der Waals surface area contributed by atoms with Crippen LogP contribution in [0.15, 0.2) is 73.3 Å². The van der Waals surface area contributed by atoms with Crippen LogP contribution in [0.1, 0.15) is 47.8 Å². The summed E-state index contributed by atoms with van der Waals surface area (Å²) >= 11 is 0. The zero-order chi connectivity index (χ0) is 38.4. The summed E-state index contributed by atoms with van der Waals surface area (Å²) in [6, 6.07) is 13.8. The second-order valence-corrected chi connectivity index (χ2v) is 13.0. The third-order valence-electron chi connectivity index (χ3n) is 9.03. The van der Waals surface area contributed by atoms with Crippen molar-refractivity contribution in [2.75, 3.05) is 23.9 Å². The number of hydrogen-bond acceptors (Lipinski definition) is 10. The molecule has 0 fully saturated rings. The Kier molecular flexibility index (Phi) is 11.9. The van der Waals surface area contributed by atoms with E-state index in [1.165, 1.54) is 37.1 Å². The van der Waals surface area contributed by atoms with Gasteiger partial charge in [-0.2, -0.15) is 0 Å². The third kappa shape index (κ3) is 8.52. The fraction of sp³-hybridized carbons (Fsp3) is 0.342. The van der Waals surface area contributed by atoms with E-state index in [4.69, 9.17) is 14.2 Å². The largest absolute Gasteiger partial charge is 0.504 e. The number of ether oxygens (including phenoxy) is 3. The van der Waals surface area contributed by atoms with E-state index in [1.54, 1.807) is 38.1 Å². The van der Waals surface area contributed by atoms with Gasteiger partial charge in [0.15, 0.2) is 17.7 Å². The van der Waals surface area contributed by atoms with E-state index in [1.807, 2.05) is 24.3 Å². The van der Waals surface area contributed by atoms with Crippen LogP contribution in [-0.4, -0.2) is 83.1 Å². The molecule has 280 valence electrons. The van der Waals surface area contributed by atoms with Gasteiger partial charge >= 0.3 is 12.2 Å². The van der Waals surface area contributed by atoms with Gasteiger partial charge in [0.25, 0.3) is 5.91 Å². The molecule has 0 aliphatic carbocycles. The van der Waals surface area contributed by atoms with Crippen LogP contribution in [-0.2, 0) is 38.6 Å². The molecule has 5 rings (SSSR count). The first kappa shape index (κ1) is 38.1. The molecule has 5 amide bonds. The highest BCUT2D eigenvalue weighted by Crippen LogP contribution is 2.41. The van der Waals surface area contributed by atoms with E-state index >= 15 is 0 Å². The summed E-state index contributed by atoms with van der Waals surface area (Å²) in [4.78, 5) is 67.9. The number of phenols is 1. The van der Waals surface area contributed by atoms with Gasteiger partial charge in [0, 0.05) is 18.3 Å². The van der Waals surface area contributed by atoms with Crippen molar-refractivity contribution in [3.8, 4) is 11.5 Å². The molecule has 15 heteroatoms. The Morgan fingerprint density at radius 3 is 2.34 bits per heavy atom. The fourth-order valence-corrected chi connectivity index (χ4v) is 6.16. The highest BCUT2D eigenvalue weighted by Gasteiger charge is 2.45. The van der Waals surface area contributed by atoms with Gasteiger partial charge in [0.05, 0.1) is 24.4 Å². The highest BCUT2D eigenvalue weighted by atomic mass is 16.6. The van der Waals surface area contributed by atoms with Crippen molar-refractivity contribution in [1.29, 1.82) is 0 Å². The zero-order valence-corrected chi connectivity index (χ0v) is 29.8. The molecule has 15 nitrogen and oxygen atoms in total. The number of carbonyl (C=O) groups excluding carboxylic acids is 5. The summed E-state index contributed by atoms with van der Waals surface area (Å²) in [5, 5.41) is 30.1. The number of carbonyl (C=O) groups is 5. The van der Waals surface area contributed by atoms with Crippen molar-refractivity contribution < 1.29 is 48.4 Å². The Bertz CT molecular complexity index is 1880. The van der Waals surface area contributed by atoms with Gasteiger partial charge in [-0.05, 0) is 54.2 Å². The number of aliphatic hydroxyl groups excluding tert-OH is 1. The second-order valence-electron chi connectivity index (χ2n) is 13.0. The highest BCUT2D eigenvalue weighted by molar-refractivity contribution is 6.06. The van der Waals surface area contributed by atoms with Crippen molar-refractivity contribution in [3.05, 3.63) is 95.6 Å². The maximum absolute atomic E-state index is 13.9. The Morgan fingerprint density at radius 1 is 0.981 bits per heavy atom. The lowest BCUT2D eigenvalue weighted by Crippen LogP contribution is -2.55. The Balaban J connectivity index is 1.25. The van der Waals surface area contributed by atoms with Crippen LogP contribution < -0.4 is 25.6 Å². The van der Waals surface area contributed by atoms with Crippen molar-refractivity contribution in [2.45, 2.75) is 64.7 Å². The number of amides is 5. The molecule has 0 spiro atoms. The molecule has 0 saturated carbocycles. The van der Waals surface area contributed by atoms with Crippen molar-refractivity contribution in [3.63, 3.8) is 0 Å². The summed E-state index contributed by atoms with van der Waals surface area (Å²) in [6.45, 7) is 8.40. The number of hydrogen-bond donors (Lipinski definition) is 5. The molecule has 2 heterocycles. The normalized spacial score (nSPS) is 17.2. The summed E-state index contributed by atoms with van der Waals surface area (Å²) < 4.78 is 15.8. The van der Waals surface area contributed by atoms with Crippen LogP contribution in [0.4, 0.5) is 21.0 Å². The number of phenolic OH excluding ortho intramolecular Hbond substituents is 1. The first-order valence-corrected chi connectivity index (χ1v) is 17.0. The lowest BCUT2D eigenvalue weighted by Gasteiger charge is -2.39.